The number of benzene rings is 1. The summed E-state index contributed by atoms with van der Waals surface area (Å²) in [4.78, 5) is 15.7. The normalized spacial score (nSPS) is 12.3. The smallest absolute Gasteiger partial charge is 0.269 e. The summed E-state index contributed by atoms with van der Waals surface area (Å²) in [6.07, 6.45) is 0. The van der Waals surface area contributed by atoms with Crippen LogP contribution in [-0.2, 0) is 0 Å². The SMILES string of the molecule is CN(C)C(CNC(=O)c1cc(-c2ccccc2)n[nH]1)c1cccs1. The number of likely N-dealkylation sites (N-methyl/N-ethyl adjacent to an activating group) is 1. The van der Waals surface area contributed by atoms with Gasteiger partial charge in [-0.3, -0.25) is 9.89 Å². The minimum Gasteiger partial charge on any atom is -0.349 e. The van der Waals surface area contributed by atoms with Gasteiger partial charge in [-0.25, -0.2) is 0 Å². The van der Waals surface area contributed by atoms with Crippen LogP contribution >= 0.6 is 11.3 Å². The molecule has 2 heterocycles. The van der Waals surface area contributed by atoms with E-state index in [0.29, 0.717) is 12.2 Å². The Morgan fingerprint density at radius 3 is 2.71 bits per heavy atom. The summed E-state index contributed by atoms with van der Waals surface area (Å²) in [5.41, 5.74) is 2.22. The second kappa shape index (κ2) is 7.42. The van der Waals surface area contributed by atoms with E-state index >= 15 is 0 Å². The van der Waals surface area contributed by atoms with Crippen LogP contribution in [0.1, 0.15) is 21.4 Å². The van der Waals surface area contributed by atoms with Crippen LogP contribution in [0.25, 0.3) is 11.3 Å². The monoisotopic (exact) mass is 340 g/mol. The van der Waals surface area contributed by atoms with Gasteiger partial charge in [0.05, 0.1) is 11.7 Å². The zero-order chi connectivity index (χ0) is 16.9. The summed E-state index contributed by atoms with van der Waals surface area (Å²) in [7, 11) is 4.03. The first-order chi connectivity index (χ1) is 11.6. The molecule has 0 radical (unpaired) electrons. The van der Waals surface area contributed by atoms with Crippen molar-refractivity contribution in [3.8, 4) is 11.3 Å². The molecule has 1 amide bonds. The van der Waals surface area contributed by atoms with Crippen LogP contribution in [0.15, 0.2) is 53.9 Å². The van der Waals surface area contributed by atoms with Gasteiger partial charge >= 0.3 is 0 Å². The van der Waals surface area contributed by atoms with Crippen LogP contribution in [0.3, 0.4) is 0 Å². The zero-order valence-electron chi connectivity index (χ0n) is 13.7. The van der Waals surface area contributed by atoms with E-state index in [-0.39, 0.29) is 11.9 Å². The highest BCUT2D eigenvalue weighted by molar-refractivity contribution is 7.10. The maximum Gasteiger partial charge on any atom is 0.269 e. The second-order valence-electron chi connectivity index (χ2n) is 5.74. The Bertz CT molecular complexity index is 780. The number of hydrogen-bond acceptors (Lipinski definition) is 4. The molecule has 1 atom stereocenters. The molecule has 3 aromatic rings. The van der Waals surface area contributed by atoms with E-state index in [0.717, 1.165) is 11.3 Å². The molecule has 1 unspecified atom stereocenters. The summed E-state index contributed by atoms with van der Waals surface area (Å²) in [6, 6.07) is 15.8. The Labute approximate surface area is 145 Å². The molecule has 0 aliphatic carbocycles. The van der Waals surface area contributed by atoms with Crippen molar-refractivity contribution in [3.63, 3.8) is 0 Å². The minimum atomic E-state index is -0.145. The summed E-state index contributed by atoms with van der Waals surface area (Å²) >= 11 is 1.70. The van der Waals surface area contributed by atoms with Crippen molar-refractivity contribution in [1.82, 2.24) is 20.4 Å². The van der Waals surface area contributed by atoms with Crippen LogP contribution in [0.2, 0.25) is 0 Å². The Balaban J connectivity index is 1.66. The van der Waals surface area contributed by atoms with E-state index in [1.54, 1.807) is 17.4 Å². The molecule has 2 N–H and O–H groups in total. The number of hydrogen-bond donors (Lipinski definition) is 2. The summed E-state index contributed by atoms with van der Waals surface area (Å²) in [5.74, 6) is -0.145. The first-order valence-electron chi connectivity index (χ1n) is 7.74. The van der Waals surface area contributed by atoms with Crippen molar-refractivity contribution in [2.45, 2.75) is 6.04 Å². The lowest BCUT2D eigenvalue weighted by Gasteiger charge is -2.23. The van der Waals surface area contributed by atoms with E-state index in [1.165, 1.54) is 4.88 Å². The quantitative estimate of drug-likeness (QED) is 0.724. The number of nitrogens with one attached hydrogen (secondary N) is 2. The fourth-order valence-electron chi connectivity index (χ4n) is 2.50. The predicted molar refractivity (Wildman–Crippen MR) is 97.1 cm³/mol. The van der Waals surface area contributed by atoms with Gasteiger partial charge in [-0.1, -0.05) is 36.4 Å². The highest BCUT2D eigenvalue weighted by Crippen LogP contribution is 2.22. The van der Waals surface area contributed by atoms with E-state index < -0.39 is 0 Å². The standard InChI is InChI=1S/C18H20N4OS/c1-22(2)16(17-9-6-10-24-17)12-19-18(23)15-11-14(20-21-15)13-7-4-3-5-8-13/h3-11,16H,12H2,1-2H3,(H,19,23)(H,20,21). The van der Waals surface area contributed by atoms with Crippen LogP contribution in [0, 0.1) is 0 Å². The molecular weight excluding hydrogens is 320 g/mol. The highest BCUT2D eigenvalue weighted by Gasteiger charge is 2.17. The molecule has 24 heavy (non-hydrogen) atoms. The number of rotatable bonds is 6. The Morgan fingerprint density at radius 1 is 1.25 bits per heavy atom. The average molecular weight is 340 g/mol. The molecule has 124 valence electrons. The topological polar surface area (TPSA) is 61.0 Å². The first kappa shape index (κ1) is 16.4. The van der Waals surface area contributed by atoms with Crippen molar-refractivity contribution < 1.29 is 4.79 Å². The minimum absolute atomic E-state index is 0.145. The third-order valence-corrected chi connectivity index (χ3v) is 4.82. The Morgan fingerprint density at radius 2 is 2.04 bits per heavy atom. The van der Waals surface area contributed by atoms with Gasteiger partial charge in [0.25, 0.3) is 5.91 Å². The van der Waals surface area contributed by atoms with Crippen molar-refractivity contribution in [2.24, 2.45) is 0 Å². The number of carbonyl (C=O) groups is 1. The van der Waals surface area contributed by atoms with Gasteiger partial charge in [-0.15, -0.1) is 11.3 Å². The zero-order valence-corrected chi connectivity index (χ0v) is 14.5. The number of thiophene rings is 1. The fourth-order valence-corrected chi connectivity index (χ4v) is 3.42. The van der Waals surface area contributed by atoms with Gasteiger partial charge < -0.3 is 10.2 Å². The number of carbonyl (C=O) groups excluding carboxylic acids is 1. The maximum atomic E-state index is 12.4. The van der Waals surface area contributed by atoms with Crippen LogP contribution in [-0.4, -0.2) is 41.6 Å². The summed E-state index contributed by atoms with van der Waals surface area (Å²) < 4.78 is 0. The Hall–Kier alpha value is -2.44. The van der Waals surface area contributed by atoms with E-state index in [1.807, 2.05) is 50.5 Å². The Kier molecular flexibility index (Phi) is 5.08. The molecule has 0 saturated heterocycles. The van der Waals surface area contributed by atoms with Gasteiger partial charge in [0.1, 0.15) is 5.69 Å². The third-order valence-electron chi connectivity index (χ3n) is 3.84. The van der Waals surface area contributed by atoms with Crippen molar-refractivity contribution in [1.29, 1.82) is 0 Å². The summed E-state index contributed by atoms with van der Waals surface area (Å²) in [5, 5.41) is 12.1. The van der Waals surface area contributed by atoms with Gasteiger partial charge in [0.2, 0.25) is 0 Å². The number of H-pyrrole nitrogens is 1. The lowest BCUT2D eigenvalue weighted by atomic mass is 10.1. The fraction of sp³-hybridized carbons (Fsp3) is 0.222. The molecule has 3 rings (SSSR count). The second-order valence-corrected chi connectivity index (χ2v) is 6.72. The average Bonchev–Trinajstić information content (AvgIpc) is 3.27. The molecule has 6 heteroatoms. The lowest BCUT2D eigenvalue weighted by molar-refractivity contribution is 0.0937. The van der Waals surface area contributed by atoms with Gasteiger partial charge in [0.15, 0.2) is 0 Å². The lowest BCUT2D eigenvalue weighted by Crippen LogP contribution is -2.34. The largest absolute Gasteiger partial charge is 0.349 e. The third kappa shape index (κ3) is 3.72. The highest BCUT2D eigenvalue weighted by atomic mass is 32.1. The maximum absolute atomic E-state index is 12.4. The number of amides is 1. The van der Waals surface area contributed by atoms with E-state index in [4.69, 9.17) is 0 Å². The van der Waals surface area contributed by atoms with Gasteiger partial charge in [-0.2, -0.15) is 5.10 Å². The van der Waals surface area contributed by atoms with Crippen LogP contribution in [0.5, 0.6) is 0 Å². The number of aromatic amines is 1. The molecule has 0 aliphatic rings. The van der Waals surface area contributed by atoms with Gasteiger partial charge in [-0.05, 0) is 31.6 Å². The number of aromatic nitrogens is 2. The predicted octanol–water partition coefficient (Wildman–Crippen LogP) is 3.17. The molecule has 0 aliphatic heterocycles. The molecule has 0 bridgehead atoms. The van der Waals surface area contributed by atoms with Crippen LogP contribution in [0.4, 0.5) is 0 Å². The molecule has 0 saturated carbocycles. The van der Waals surface area contributed by atoms with Crippen molar-refractivity contribution >= 4 is 17.2 Å². The molecule has 0 spiro atoms. The first-order valence-corrected chi connectivity index (χ1v) is 8.62. The van der Waals surface area contributed by atoms with Crippen LogP contribution < -0.4 is 5.32 Å². The van der Waals surface area contributed by atoms with E-state index in [9.17, 15) is 4.79 Å². The summed E-state index contributed by atoms with van der Waals surface area (Å²) in [6.45, 7) is 0.548. The molecule has 2 aromatic heterocycles. The van der Waals surface area contributed by atoms with Gasteiger partial charge in [0, 0.05) is 17.0 Å². The molecular formula is C18H20N4OS. The molecule has 5 nitrogen and oxygen atoms in total. The molecule has 0 fully saturated rings. The number of nitrogens with zero attached hydrogens (tertiary/aromatic N) is 2. The van der Waals surface area contributed by atoms with Crippen molar-refractivity contribution in [2.75, 3.05) is 20.6 Å². The van der Waals surface area contributed by atoms with Crippen molar-refractivity contribution in [3.05, 3.63) is 64.5 Å². The molecule has 1 aromatic carbocycles. The van der Waals surface area contributed by atoms with E-state index in [2.05, 4.69) is 31.9 Å².